The predicted molar refractivity (Wildman–Crippen MR) is 521 cm³/mol. The molecule has 4 heteroatoms. The molecule has 4 aliphatic rings. The van der Waals surface area contributed by atoms with Gasteiger partial charge in [-0.3, -0.25) is 0 Å². The molecule has 0 amide bonds. The highest BCUT2D eigenvalue weighted by molar-refractivity contribution is 6.12. The van der Waals surface area contributed by atoms with E-state index in [1.807, 2.05) is 12.1 Å². The van der Waals surface area contributed by atoms with E-state index in [0.717, 1.165) is 139 Å². The lowest BCUT2D eigenvalue weighted by Crippen LogP contribution is -2.26. The zero-order chi connectivity index (χ0) is 82.7. The number of fused-ring (bicyclic) bond motifs is 26. The number of hydrogen-bond acceptors (Lipinski definition) is 4. The molecule has 0 N–H and O–H groups in total. The first-order valence-corrected chi connectivity index (χ1v) is 43.6. The maximum absolute atomic E-state index is 6.63. The molecule has 0 unspecified atom stereocenters. The summed E-state index contributed by atoms with van der Waals surface area (Å²) in [5.41, 5.74) is 45.1. The van der Waals surface area contributed by atoms with Crippen LogP contribution >= 0.6 is 0 Å². The van der Waals surface area contributed by atoms with E-state index >= 15 is 0 Å². The summed E-state index contributed by atoms with van der Waals surface area (Å²) < 4.78 is 13.2. The monoisotopic (exact) mass is 1600 g/mol. The van der Waals surface area contributed by atoms with Crippen LogP contribution in [0.1, 0.15) is 44.5 Å². The molecule has 0 aliphatic heterocycles. The fourth-order valence-electron chi connectivity index (χ4n) is 22.0. The van der Waals surface area contributed by atoms with Crippen LogP contribution in [0.25, 0.3) is 166 Å². The summed E-state index contributed by atoms with van der Waals surface area (Å²) in [5, 5.41) is 4.47. The lowest BCUT2D eigenvalue weighted by atomic mass is 9.70. The summed E-state index contributed by atoms with van der Waals surface area (Å²) in [6.07, 6.45) is 0. The fourth-order valence-corrected chi connectivity index (χ4v) is 22.0. The molecule has 0 fully saturated rings. The molecule has 22 aromatic rings. The lowest BCUT2D eigenvalue weighted by Gasteiger charge is -2.33. The maximum Gasteiger partial charge on any atom is 0.143 e. The molecule has 26 rings (SSSR count). The first-order chi connectivity index (χ1) is 62.5. The van der Waals surface area contributed by atoms with Gasteiger partial charge in [0.1, 0.15) is 22.3 Å². The molecule has 586 valence electrons. The highest BCUT2D eigenvalue weighted by atomic mass is 16.3. The van der Waals surface area contributed by atoms with Crippen LogP contribution in [0.2, 0.25) is 0 Å². The SMILES string of the molecule is c1ccc(-c2ccc3c(c2)C2(c4ccccc4-c4ccccc42)c2cc(N(c4ccc(-c5ccc(-c6ccc(-c7ccc8c(c7)C7(c9ccccc9-c9ccccc97)c7cc(N(c9ccc(-c%10cccc%11c%10oc%10ccccc%10%11)cc9)c9ccccc9-c9ccccc9)ccc7-8)cc6)cc5)cc4)c4ccc(-c5cccc6c5oc5ccccc56)cc4)ccc2-3)cc1. The zero-order valence-corrected chi connectivity index (χ0v) is 68.6. The zero-order valence-electron chi connectivity index (χ0n) is 68.6. The van der Waals surface area contributed by atoms with Gasteiger partial charge >= 0.3 is 0 Å². The van der Waals surface area contributed by atoms with Crippen molar-refractivity contribution in [1.29, 1.82) is 0 Å². The van der Waals surface area contributed by atoms with E-state index in [1.165, 1.54) is 106 Å². The van der Waals surface area contributed by atoms with E-state index in [9.17, 15) is 0 Å². The third kappa shape index (κ3) is 10.7. The number of nitrogens with zero attached hydrogens (tertiary/aromatic N) is 2. The number of rotatable bonds is 13. The minimum atomic E-state index is -0.628. The number of anilines is 6. The van der Waals surface area contributed by atoms with Crippen LogP contribution in [0.15, 0.2) is 470 Å². The second-order valence-electron chi connectivity index (χ2n) is 33.9. The van der Waals surface area contributed by atoms with Crippen molar-refractivity contribution in [3.05, 3.63) is 506 Å². The summed E-state index contributed by atoms with van der Waals surface area (Å²) in [6, 6.07) is 171. The molecule has 0 atom stereocenters. The van der Waals surface area contributed by atoms with Crippen molar-refractivity contribution < 1.29 is 8.83 Å². The number of hydrogen-bond donors (Lipinski definition) is 0. The fraction of sp³-hybridized carbons (Fsp3) is 0.0164. The van der Waals surface area contributed by atoms with Gasteiger partial charge in [0.2, 0.25) is 0 Å². The highest BCUT2D eigenvalue weighted by Crippen LogP contribution is 2.66. The topological polar surface area (TPSA) is 32.8 Å². The Labute approximate surface area is 730 Å². The van der Waals surface area contributed by atoms with E-state index in [-0.39, 0.29) is 0 Å². The van der Waals surface area contributed by atoms with Crippen LogP contribution in [0.5, 0.6) is 0 Å². The Kier molecular flexibility index (Phi) is 15.9. The van der Waals surface area contributed by atoms with Gasteiger partial charge in [0, 0.05) is 66.7 Å². The molecule has 2 spiro atoms. The minimum absolute atomic E-state index is 0.572. The predicted octanol–water partition coefficient (Wildman–Crippen LogP) is 32.8. The molecule has 4 nitrogen and oxygen atoms in total. The molecule has 0 saturated carbocycles. The van der Waals surface area contributed by atoms with Gasteiger partial charge in [-0.25, -0.2) is 0 Å². The number of benzene rings is 20. The summed E-state index contributed by atoms with van der Waals surface area (Å²) in [7, 11) is 0. The van der Waals surface area contributed by atoms with Gasteiger partial charge in [0.25, 0.3) is 0 Å². The standard InChI is InChI=1S/C122H76N2O2/c1-3-23-77(24-4-1)86-59-69-100-102-71-67-91(75-114(102)121(112(100)73-86)108-38-14-7-28-96(108)97-29-8-15-39-109(97)121)123(89-63-55-84(56-64-89)94-34-21-36-106-104-32-12-19-43-117(104)125-119(94)106)88-61-53-81(54-62-88)80-47-45-78(46-48-80)79-49-51-82(52-50-79)87-60-70-101-103-72-68-92(76-115(103)122(113(101)74-87)110-40-16-9-30-98(110)99-31-10-17-41-111(99)122)124(116-42-18-11-27-93(116)83-25-5-2-6-26-83)90-65-57-85(58-66-90)95-35-22-37-107-105-33-13-20-44-118(105)126-120(95)107/h1-76H. The molecule has 126 heavy (non-hydrogen) atoms. The Hall–Kier alpha value is -16.4. The Balaban J connectivity index is 0.542. The Morgan fingerprint density at radius 1 is 0.151 bits per heavy atom. The van der Waals surface area contributed by atoms with Crippen LogP contribution in [0, 0.1) is 0 Å². The minimum Gasteiger partial charge on any atom is -0.455 e. The van der Waals surface area contributed by atoms with Gasteiger partial charge in [0.15, 0.2) is 0 Å². The van der Waals surface area contributed by atoms with Gasteiger partial charge in [0.05, 0.1) is 16.5 Å². The van der Waals surface area contributed by atoms with Crippen molar-refractivity contribution in [1.82, 2.24) is 0 Å². The number of para-hydroxylation sites is 5. The molecular formula is C122H76N2O2. The molecule has 0 radical (unpaired) electrons. The summed E-state index contributed by atoms with van der Waals surface area (Å²) in [4.78, 5) is 4.91. The van der Waals surface area contributed by atoms with Crippen molar-refractivity contribution >= 4 is 78.0 Å². The van der Waals surface area contributed by atoms with Crippen LogP contribution in [-0.2, 0) is 10.8 Å². The van der Waals surface area contributed by atoms with Gasteiger partial charge in [-0.15, -0.1) is 0 Å². The average Bonchev–Trinajstić information content (AvgIpc) is 1.51. The van der Waals surface area contributed by atoms with Crippen molar-refractivity contribution in [2.24, 2.45) is 0 Å². The largest absolute Gasteiger partial charge is 0.455 e. The average molecular weight is 1600 g/mol. The van der Waals surface area contributed by atoms with Gasteiger partial charge in [-0.2, -0.15) is 0 Å². The van der Waals surface area contributed by atoms with E-state index in [1.54, 1.807) is 0 Å². The van der Waals surface area contributed by atoms with Crippen molar-refractivity contribution in [2.75, 3.05) is 9.80 Å². The van der Waals surface area contributed by atoms with Crippen LogP contribution < -0.4 is 9.80 Å². The number of furan rings is 2. The molecule has 0 saturated heterocycles. The third-order valence-electron chi connectivity index (χ3n) is 27.6. The van der Waals surface area contributed by atoms with Crippen molar-refractivity contribution in [3.8, 4) is 122 Å². The Bertz CT molecular complexity index is 8090. The van der Waals surface area contributed by atoms with Crippen molar-refractivity contribution in [3.63, 3.8) is 0 Å². The quantitative estimate of drug-likeness (QED) is 0.115. The molecule has 0 bridgehead atoms. The normalized spacial score (nSPS) is 13.0. The van der Waals surface area contributed by atoms with Crippen molar-refractivity contribution in [2.45, 2.75) is 10.8 Å². The summed E-state index contributed by atoms with van der Waals surface area (Å²) >= 11 is 0. The van der Waals surface area contributed by atoms with E-state index in [0.29, 0.717) is 0 Å². The molecule has 4 aliphatic carbocycles. The first-order valence-electron chi connectivity index (χ1n) is 43.6. The second-order valence-corrected chi connectivity index (χ2v) is 33.9. The van der Waals surface area contributed by atoms with E-state index in [2.05, 4.69) is 459 Å². The Morgan fingerprint density at radius 3 is 0.841 bits per heavy atom. The smallest absolute Gasteiger partial charge is 0.143 e. The maximum atomic E-state index is 6.63. The molecular weight excluding hydrogens is 1530 g/mol. The van der Waals surface area contributed by atoms with Gasteiger partial charge in [-0.05, 0) is 241 Å². The lowest BCUT2D eigenvalue weighted by molar-refractivity contribution is 0.669. The van der Waals surface area contributed by atoms with Crippen LogP contribution in [-0.4, -0.2) is 0 Å². The summed E-state index contributed by atoms with van der Waals surface area (Å²) in [6.45, 7) is 0. The van der Waals surface area contributed by atoms with Crippen LogP contribution in [0.3, 0.4) is 0 Å². The van der Waals surface area contributed by atoms with Gasteiger partial charge < -0.3 is 18.6 Å². The van der Waals surface area contributed by atoms with E-state index < -0.39 is 10.8 Å². The molecule has 2 aromatic heterocycles. The molecule has 20 aromatic carbocycles. The van der Waals surface area contributed by atoms with Crippen LogP contribution in [0.4, 0.5) is 34.1 Å². The highest BCUT2D eigenvalue weighted by Gasteiger charge is 2.54. The molecule has 2 heterocycles. The van der Waals surface area contributed by atoms with E-state index in [4.69, 9.17) is 8.83 Å². The van der Waals surface area contributed by atoms with Gasteiger partial charge in [-0.1, -0.05) is 370 Å². The summed E-state index contributed by atoms with van der Waals surface area (Å²) in [5.74, 6) is 0. The second kappa shape index (κ2) is 28.1. The Morgan fingerprint density at radius 2 is 0.413 bits per heavy atom. The third-order valence-corrected chi connectivity index (χ3v) is 27.6. The first kappa shape index (κ1) is 71.3.